The van der Waals surface area contributed by atoms with E-state index < -0.39 is 17.9 Å². The number of aliphatic hydroxyl groups excluding tert-OH is 1. The Balaban J connectivity index is 1.61. The lowest BCUT2D eigenvalue weighted by Gasteiger charge is -2.20. The molecule has 2 heterocycles. The Morgan fingerprint density at radius 3 is 2.72 bits per heavy atom. The van der Waals surface area contributed by atoms with Gasteiger partial charge in [0.15, 0.2) is 0 Å². The monoisotopic (exact) mass is 515 g/mol. The zero-order valence-electron chi connectivity index (χ0n) is 20.5. The van der Waals surface area contributed by atoms with E-state index in [0.29, 0.717) is 30.0 Å². The number of pyridine rings is 2. The minimum absolute atomic E-state index is 0.179. The van der Waals surface area contributed by atoms with Crippen molar-refractivity contribution in [3.8, 4) is 0 Å². The van der Waals surface area contributed by atoms with Crippen molar-refractivity contribution in [2.24, 2.45) is 0 Å². The first kappa shape index (κ1) is 27.3. The second-order valence-electron chi connectivity index (χ2n) is 9.13. The summed E-state index contributed by atoms with van der Waals surface area (Å²) >= 11 is 6.08. The standard InChI is InChI=1S/C26H31ClFN5O3/c1-26(2,3)36-25(35)32-16-21-18(7-5-12-29-21)15-31-24(34)20-9-10-22(27)33-23(20)30-13-11-17-6-4-8-19(28)14-17/h4-10,12,14,24,31,34H,11,13,15-16H2,1-3H3,(H,30,33)(H,32,35). The summed E-state index contributed by atoms with van der Waals surface area (Å²) < 4.78 is 18.7. The smallest absolute Gasteiger partial charge is 0.407 e. The van der Waals surface area contributed by atoms with E-state index >= 15 is 0 Å². The van der Waals surface area contributed by atoms with E-state index in [-0.39, 0.29) is 24.1 Å². The Morgan fingerprint density at radius 1 is 1.17 bits per heavy atom. The molecule has 10 heteroatoms. The van der Waals surface area contributed by atoms with Gasteiger partial charge in [0, 0.05) is 24.8 Å². The van der Waals surface area contributed by atoms with Crippen LogP contribution in [0.25, 0.3) is 0 Å². The number of aromatic nitrogens is 2. The van der Waals surface area contributed by atoms with E-state index in [9.17, 15) is 14.3 Å². The van der Waals surface area contributed by atoms with Gasteiger partial charge in [-0.15, -0.1) is 0 Å². The molecule has 0 aliphatic heterocycles. The number of carbonyl (C=O) groups is 1. The summed E-state index contributed by atoms with van der Waals surface area (Å²) in [6.07, 6.45) is 0.612. The van der Waals surface area contributed by atoms with Crippen LogP contribution in [0.5, 0.6) is 0 Å². The predicted molar refractivity (Wildman–Crippen MR) is 137 cm³/mol. The molecule has 2 aromatic heterocycles. The molecule has 0 spiro atoms. The molecule has 0 radical (unpaired) electrons. The molecule has 1 aromatic carbocycles. The van der Waals surface area contributed by atoms with Crippen molar-refractivity contribution in [1.82, 2.24) is 20.6 Å². The molecule has 3 rings (SSSR count). The lowest BCUT2D eigenvalue weighted by Crippen LogP contribution is -2.32. The fourth-order valence-corrected chi connectivity index (χ4v) is 3.55. The molecular weight excluding hydrogens is 485 g/mol. The van der Waals surface area contributed by atoms with E-state index in [0.717, 1.165) is 11.1 Å². The van der Waals surface area contributed by atoms with Crippen molar-refractivity contribution in [2.75, 3.05) is 11.9 Å². The third-order valence-corrected chi connectivity index (χ3v) is 5.26. The lowest BCUT2D eigenvalue weighted by molar-refractivity contribution is 0.0522. The first-order valence-electron chi connectivity index (χ1n) is 11.6. The van der Waals surface area contributed by atoms with Gasteiger partial charge in [0.2, 0.25) is 0 Å². The minimum Gasteiger partial charge on any atom is -0.444 e. The average Bonchev–Trinajstić information content (AvgIpc) is 2.81. The van der Waals surface area contributed by atoms with E-state index in [1.54, 1.807) is 51.2 Å². The summed E-state index contributed by atoms with van der Waals surface area (Å²) in [4.78, 5) is 20.6. The first-order valence-corrected chi connectivity index (χ1v) is 11.9. The van der Waals surface area contributed by atoms with Gasteiger partial charge < -0.3 is 20.5 Å². The number of nitrogens with zero attached hydrogens (tertiary/aromatic N) is 2. The fraction of sp³-hybridized carbons (Fsp3) is 0.346. The SMILES string of the molecule is CC(C)(C)OC(=O)NCc1ncccc1CNC(O)c1ccc(Cl)nc1NCCc1cccc(F)c1. The number of alkyl carbamates (subject to hydrolysis) is 1. The molecule has 192 valence electrons. The Hall–Kier alpha value is -3.27. The Labute approximate surface area is 215 Å². The highest BCUT2D eigenvalue weighted by Crippen LogP contribution is 2.23. The maximum absolute atomic E-state index is 13.4. The molecule has 0 saturated heterocycles. The maximum Gasteiger partial charge on any atom is 0.407 e. The van der Waals surface area contributed by atoms with Crippen LogP contribution in [0, 0.1) is 5.82 Å². The molecule has 1 atom stereocenters. The highest BCUT2D eigenvalue weighted by molar-refractivity contribution is 6.29. The van der Waals surface area contributed by atoms with Gasteiger partial charge in [-0.05, 0) is 68.7 Å². The Morgan fingerprint density at radius 2 is 1.97 bits per heavy atom. The van der Waals surface area contributed by atoms with Crippen LogP contribution < -0.4 is 16.0 Å². The number of ether oxygens (including phenoxy) is 1. The van der Waals surface area contributed by atoms with Gasteiger partial charge in [-0.1, -0.05) is 29.8 Å². The van der Waals surface area contributed by atoms with E-state index in [4.69, 9.17) is 16.3 Å². The second kappa shape index (κ2) is 12.6. The molecule has 0 fully saturated rings. The summed E-state index contributed by atoms with van der Waals surface area (Å²) in [7, 11) is 0. The Kier molecular flexibility index (Phi) is 9.58. The fourth-order valence-electron chi connectivity index (χ4n) is 3.40. The largest absolute Gasteiger partial charge is 0.444 e. The number of halogens is 2. The molecule has 0 bridgehead atoms. The summed E-state index contributed by atoms with van der Waals surface area (Å²) in [6, 6.07) is 13.3. The van der Waals surface area contributed by atoms with Crippen LogP contribution in [-0.2, 0) is 24.2 Å². The van der Waals surface area contributed by atoms with Gasteiger partial charge in [-0.2, -0.15) is 0 Å². The van der Waals surface area contributed by atoms with Crippen LogP contribution >= 0.6 is 11.6 Å². The van der Waals surface area contributed by atoms with Crippen LogP contribution in [0.3, 0.4) is 0 Å². The normalized spacial score (nSPS) is 12.2. The van der Waals surface area contributed by atoms with E-state index in [2.05, 4.69) is 25.9 Å². The van der Waals surface area contributed by atoms with Gasteiger partial charge in [-0.3, -0.25) is 10.3 Å². The maximum atomic E-state index is 13.4. The van der Waals surface area contributed by atoms with E-state index in [1.807, 2.05) is 12.1 Å². The van der Waals surface area contributed by atoms with Crippen molar-refractivity contribution in [1.29, 1.82) is 0 Å². The first-order chi connectivity index (χ1) is 17.1. The molecule has 3 aromatic rings. The van der Waals surface area contributed by atoms with Crippen LogP contribution in [-0.4, -0.2) is 33.3 Å². The van der Waals surface area contributed by atoms with Crippen LogP contribution in [0.2, 0.25) is 5.15 Å². The van der Waals surface area contributed by atoms with Crippen molar-refractivity contribution >= 4 is 23.5 Å². The minimum atomic E-state index is -1.06. The van der Waals surface area contributed by atoms with Crippen molar-refractivity contribution in [3.05, 3.63) is 88.1 Å². The van der Waals surface area contributed by atoms with Gasteiger partial charge in [0.25, 0.3) is 0 Å². The third-order valence-electron chi connectivity index (χ3n) is 5.05. The van der Waals surface area contributed by atoms with Gasteiger partial charge >= 0.3 is 6.09 Å². The number of hydrogen-bond acceptors (Lipinski definition) is 7. The molecule has 8 nitrogen and oxygen atoms in total. The Bertz CT molecular complexity index is 1170. The quantitative estimate of drug-likeness (QED) is 0.228. The number of amides is 1. The average molecular weight is 516 g/mol. The molecule has 36 heavy (non-hydrogen) atoms. The zero-order valence-corrected chi connectivity index (χ0v) is 21.3. The van der Waals surface area contributed by atoms with E-state index in [1.165, 1.54) is 12.1 Å². The number of nitrogens with one attached hydrogen (secondary N) is 3. The lowest BCUT2D eigenvalue weighted by atomic mass is 10.1. The van der Waals surface area contributed by atoms with Crippen molar-refractivity contribution < 1.29 is 19.0 Å². The second-order valence-corrected chi connectivity index (χ2v) is 9.51. The third kappa shape index (κ3) is 8.75. The number of benzene rings is 1. The summed E-state index contributed by atoms with van der Waals surface area (Å²) in [5, 5.41) is 20.1. The summed E-state index contributed by atoms with van der Waals surface area (Å²) in [6.45, 7) is 6.31. The number of rotatable bonds is 10. The van der Waals surface area contributed by atoms with Crippen LogP contribution in [0.4, 0.5) is 15.0 Å². The topological polar surface area (TPSA) is 108 Å². The summed E-state index contributed by atoms with van der Waals surface area (Å²) in [5.41, 5.74) is 2.20. The van der Waals surface area contributed by atoms with Crippen molar-refractivity contribution in [3.63, 3.8) is 0 Å². The molecule has 0 saturated carbocycles. The molecule has 1 unspecified atom stereocenters. The highest BCUT2D eigenvalue weighted by Gasteiger charge is 2.18. The van der Waals surface area contributed by atoms with Crippen LogP contribution in [0.15, 0.2) is 54.7 Å². The molecule has 0 aliphatic rings. The predicted octanol–water partition coefficient (Wildman–Crippen LogP) is 4.73. The van der Waals surface area contributed by atoms with Crippen molar-refractivity contribution in [2.45, 2.75) is 52.1 Å². The number of aliphatic hydroxyl groups is 1. The molecule has 4 N–H and O–H groups in total. The summed E-state index contributed by atoms with van der Waals surface area (Å²) in [5.74, 6) is 0.140. The van der Waals surface area contributed by atoms with Gasteiger partial charge in [-0.25, -0.2) is 14.2 Å². The van der Waals surface area contributed by atoms with Gasteiger partial charge in [0.1, 0.15) is 28.6 Å². The highest BCUT2D eigenvalue weighted by atomic mass is 35.5. The van der Waals surface area contributed by atoms with Crippen LogP contribution in [0.1, 0.15) is 49.4 Å². The molecular formula is C26H31ClFN5O3. The molecule has 0 aliphatic carbocycles. The number of anilines is 1. The number of hydrogen-bond donors (Lipinski definition) is 4. The number of carbonyl (C=O) groups excluding carboxylic acids is 1. The zero-order chi connectivity index (χ0) is 26.1. The molecule has 1 amide bonds. The van der Waals surface area contributed by atoms with Gasteiger partial charge in [0.05, 0.1) is 12.2 Å².